The van der Waals surface area contributed by atoms with Crippen molar-refractivity contribution < 1.29 is 24.2 Å². The lowest BCUT2D eigenvalue weighted by Crippen LogP contribution is -2.48. The summed E-state index contributed by atoms with van der Waals surface area (Å²) in [7, 11) is -2.92. The number of amides is 2. The van der Waals surface area contributed by atoms with Gasteiger partial charge >= 0.3 is 0 Å². The fourth-order valence-electron chi connectivity index (χ4n) is 6.89. The topological polar surface area (TPSA) is 90.3 Å². The lowest BCUT2D eigenvalue weighted by atomic mass is 9.82. The summed E-state index contributed by atoms with van der Waals surface area (Å²) in [4.78, 5) is 42.7. The molecule has 7 nitrogen and oxygen atoms in total. The summed E-state index contributed by atoms with van der Waals surface area (Å²) in [5.74, 6) is -0.765. The maximum atomic E-state index is 14.1. The number of hydrogen-bond acceptors (Lipinski definition) is 5. The standard InChI is InChI=1S/C29H35ClN2O5Si/c1-5-12-31-24-11-10-21(30)14-23(24)29(28(31)35)18(2)27(38(3,4)36)25(37-29)15-26(34)32-16-20-9-7-6-8-19(20)13-22(32)17-33/h5-11,14,18,22,25,27,33,36H,1,12-13,15-17H2,2-4H3/t18-,22+,25+,27-,29+/m1/s1. The van der Waals surface area contributed by atoms with Crippen molar-refractivity contribution in [3.8, 4) is 0 Å². The van der Waals surface area contributed by atoms with E-state index in [4.69, 9.17) is 16.3 Å². The fraction of sp³-hybridized carbons (Fsp3) is 0.448. The number of ether oxygens (including phenoxy) is 1. The van der Waals surface area contributed by atoms with E-state index in [1.54, 1.807) is 28.0 Å². The van der Waals surface area contributed by atoms with E-state index >= 15 is 0 Å². The van der Waals surface area contributed by atoms with Crippen LogP contribution in [-0.2, 0) is 32.9 Å². The number of benzene rings is 2. The molecule has 0 aromatic heterocycles. The number of hydrogen-bond donors (Lipinski definition) is 2. The maximum Gasteiger partial charge on any atom is 0.264 e. The van der Waals surface area contributed by atoms with Crippen LogP contribution < -0.4 is 4.90 Å². The molecule has 3 aliphatic heterocycles. The van der Waals surface area contributed by atoms with Crippen LogP contribution >= 0.6 is 11.6 Å². The minimum atomic E-state index is -2.92. The lowest BCUT2D eigenvalue weighted by Gasteiger charge is -2.37. The highest BCUT2D eigenvalue weighted by Crippen LogP contribution is 2.60. The Morgan fingerprint density at radius 1 is 1.26 bits per heavy atom. The minimum absolute atomic E-state index is 0.0110. The van der Waals surface area contributed by atoms with Crippen LogP contribution in [0.3, 0.4) is 0 Å². The van der Waals surface area contributed by atoms with Crippen LogP contribution in [0.15, 0.2) is 55.1 Å². The molecule has 38 heavy (non-hydrogen) atoms. The van der Waals surface area contributed by atoms with E-state index in [0.29, 0.717) is 35.8 Å². The second-order valence-corrected chi connectivity index (χ2v) is 15.7. The van der Waals surface area contributed by atoms with Gasteiger partial charge in [-0.25, -0.2) is 0 Å². The Bertz CT molecular complexity index is 1280. The molecule has 3 aliphatic rings. The summed E-state index contributed by atoms with van der Waals surface area (Å²) in [6, 6.07) is 12.9. The zero-order valence-corrected chi connectivity index (χ0v) is 23.8. The van der Waals surface area contributed by atoms with Gasteiger partial charge in [0.1, 0.15) is 0 Å². The van der Waals surface area contributed by atoms with Crippen molar-refractivity contribution in [3.05, 3.63) is 76.8 Å². The molecule has 0 unspecified atom stereocenters. The molecule has 0 aliphatic carbocycles. The number of anilines is 1. The number of aliphatic hydroxyl groups excluding tert-OH is 1. The molecule has 5 rings (SSSR count). The van der Waals surface area contributed by atoms with Crippen LogP contribution in [0.1, 0.15) is 30.0 Å². The molecule has 2 aromatic carbocycles. The third kappa shape index (κ3) is 4.23. The number of rotatable bonds is 6. The maximum absolute atomic E-state index is 14.1. The Morgan fingerprint density at radius 3 is 2.63 bits per heavy atom. The van der Waals surface area contributed by atoms with Crippen molar-refractivity contribution >= 4 is 37.4 Å². The number of halogens is 1. The third-order valence-electron chi connectivity index (χ3n) is 8.52. The van der Waals surface area contributed by atoms with E-state index in [1.165, 1.54) is 0 Å². The molecule has 202 valence electrons. The molecule has 1 saturated heterocycles. The third-order valence-corrected chi connectivity index (χ3v) is 11.3. The van der Waals surface area contributed by atoms with Crippen molar-refractivity contribution in [1.29, 1.82) is 0 Å². The summed E-state index contributed by atoms with van der Waals surface area (Å²) in [5, 5.41) is 10.6. The Morgan fingerprint density at radius 2 is 1.97 bits per heavy atom. The summed E-state index contributed by atoms with van der Waals surface area (Å²) < 4.78 is 6.71. The summed E-state index contributed by atoms with van der Waals surface area (Å²) in [5.41, 5.74) is 1.84. The second kappa shape index (κ2) is 9.92. The van der Waals surface area contributed by atoms with Gasteiger partial charge in [0.15, 0.2) is 13.9 Å². The molecule has 1 fully saturated rings. The van der Waals surface area contributed by atoms with Crippen LogP contribution in [0.2, 0.25) is 23.7 Å². The van der Waals surface area contributed by atoms with Crippen LogP contribution in [0.25, 0.3) is 0 Å². The molecular formula is C29H35ClN2O5Si. The van der Waals surface area contributed by atoms with Gasteiger partial charge in [0.25, 0.3) is 5.91 Å². The van der Waals surface area contributed by atoms with Crippen LogP contribution in [-0.4, -0.2) is 60.2 Å². The average Bonchev–Trinajstić information content (AvgIpc) is 3.29. The van der Waals surface area contributed by atoms with Gasteiger partial charge in [-0.15, -0.1) is 6.58 Å². The van der Waals surface area contributed by atoms with Crippen LogP contribution in [0.4, 0.5) is 5.69 Å². The van der Waals surface area contributed by atoms with E-state index in [2.05, 4.69) is 6.58 Å². The first-order chi connectivity index (χ1) is 18.0. The smallest absolute Gasteiger partial charge is 0.264 e. The number of carbonyl (C=O) groups excluding carboxylic acids is 2. The van der Waals surface area contributed by atoms with Gasteiger partial charge in [-0.1, -0.05) is 48.9 Å². The summed E-state index contributed by atoms with van der Waals surface area (Å²) >= 11 is 6.40. The van der Waals surface area contributed by atoms with Crippen LogP contribution in [0, 0.1) is 5.92 Å². The van der Waals surface area contributed by atoms with E-state index in [0.717, 1.165) is 11.1 Å². The molecule has 2 amide bonds. The molecule has 1 spiro atoms. The normalized spacial score (nSPS) is 28.5. The van der Waals surface area contributed by atoms with Gasteiger partial charge in [-0.2, -0.15) is 0 Å². The number of carbonyl (C=O) groups is 2. The quantitative estimate of drug-likeness (QED) is 0.416. The predicted octanol–water partition coefficient (Wildman–Crippen LogP) is 4.01. The number of fused-ring (bicyclic) bond motifs is 3. The van der Waals surface area contributed by atoms with Crippen molar-refractivity contribution in [2.45, 2.75) is 62.7 Å². The van der Waals surface area contributed by atoms with Crippen molar-refractivity contribution in [2.75, 3.05) is 18.1 Å². The van der Waals surface area contributed by atoms with Crippen molar-refractivity contribution in [3.63, 3.8) is 0 Å². The van der Waals surface area contributed by atoms with Crippen molar-refractivity contribution in [1.82, 2.24) is 4.90 Å². The molecule has 9 heteroatoms. The van der Waals surface area contributed by atoms with E-state index in [-0.39, 0.29) is 42.3 Å². The first-order valence-corrected chi connectivity index (χ1v) is 16.5. The lowest BCUT2D eigenvalue weighted by molar-refractivity contribution is -0.150. The highest BCUT2D eigenvalue weighted by molar-refractivity contribution is 6.71. The zero-order valence-electron chi connectivity index (χ0n) is 22.1. The van der Waals surface area contributed by atoms with Crippen molar-refractivity contribution in [2.24, 2.45) is 5.92 Å². The largest absolute Gasteiger partial charge is 0.432 e. The molecule has 2 N–H and O–H groups in total. The molecule has 0 saturated carbocycles. The van der Waals surface area contributed by atoms with Gasteiger partial charge in [-0.3, -0.25) is 9.59 Å². The summed E-state index contributed by atoms with van der Waals surface area (Å²) in [6.45, 7) is 9.99. The van der Waals surface area contributed by atoms with Gasteiger partial charge in [0.2, 0.25) is 5.91 Å². The van der Waals surface area contributed by atoms with E-state index < -0.39 is 20.0 Å². The Balaban J connectivity index is 1.51. The predicted molar refractivity (Wildman–Crippen MR) is 149 cm³/mol. The van der Waals surface area contributed by atoms with Crippen LogP contribution in [0.5, 0.6) is 0 Å². The molecule has 5 atom stereocenters. The molecule has 0 radical (unpaired) electrons. The first-order valence-electron chi connectivity index (χ1n) is 13.1. The highest BCUT2D eigenvalue weighted by atomic mass is 35.5. The van der Waals surface area contributed by atoms with Gasteiger partial charge in [0, 0.05) is 35.1 Å². The Labute approximate surface area is 229 Å². The average molecular weight is 555 g/mol. The number of aliphatic hydroxyl groups is 1. The fourth-order valence-corrected chi connectivity index (χ4v) is 9.62. The SMILES string of the molecule is C=CCN1C(=O)[C@@]2(O[C@@H](CC(=O)N3Cc4ccccc4C[C@H]3CO)[C@H]([Si](C)(C)O)[C@H]2C)c2cc(Cl)ccc21. The van der Waals surface area contributed by atoms with Gasteiger partial charge in [-0.05, 0) is 48.8 Å². The molecule has 2 aromatic rings. The van der Waals surface area contributed by atoms with E-state index in [1.807, 2.05) is 50.3 Å². The second-order valence-electron chi connectivity index (χ2n) is 11.3. The number of nitrogens with zero attached hydrogens (tertiary/aromatic N) is 2. The Hall–Kier alpha value is -2.49. The minimum Gasteiger partial charge on any atom is -0.432 e. The molecular weight excluding hydrogens is 520 g/mol. The zero-order chi connectivity index (χ0) is 27.4. The van der Waals surface area contributed by atoms with Gasteiger partial charge < -0.3 is 24.4 Å². The van der Waals surface area contributed by atoms with E-state index in [9.17, 15) is 19.5 Å². The summed E-state index contributed by atoms with van der Waals surface area (Å²) in [6.07, 6.45) is 1.59. The highest BCUT2D eigenvalue weighted by Gasteiger charge is 2.66. The first kappa shape index (κ1) is 27.1. The monoisotopic (exact) mass is 554 g/mol. The Kier molecular flexibility index (Phi) is 7.07. The molecule has 0 bridgehead atoms. The van der Waals surface area contributed by atoms with Gasteiger partial charge in [0.05, 0.1) is 30.9 Å². The molecule has 3 heterocycles.